The summed E-state index contributed by atoms with van der Waals surface area (Å²) in [5.74, 6) is 0.749. The molecule has 0 aromatic carbocycles. The highest BCUT2D eigenvalue weighted by Crippen LogP contribution is 2.37. The Hall–Kier alpha value is -2.09. The number of thiophene rings is 1. The third-order valence-corrected chi connectivity index (χ3v) is 5.94. The van der Waals surface area contributed by atoms with Crippen LogP contribution in [0.15, 0.2) is 22.3 Å². The Bertz CT molecular complexity index is 800. The Balaban J connectivity index is 1.37. The number of nitrogens with zero attached hydrogens (tertiary/aromatic N) is 3. The fourth-order valence-corrected chi connectivity index (χ4v) is 4.27. The van der Waals surface area contributed by atoms with E-state index in [1.807, 2.05) is 22.1 Å². The van der Waals surface area contributed by atoms with Crippen molar-refractivity contribution in [1.82, 2.24) is 25.0 Å². The first-order chi connectivity index (χ1) is 12.7. The SMILES string of the molecule is O=C(NCCn1nc(-c2cccs2)n(C2CC2)c1=O)NC1CCCCC1. The lowest BCUT2D eigenvalue weighted by Crippen LogP contribution is -2.44. The predicted molar refractivity (Wildman–Crippen MR) is 101 cm³/mol. The second-order valence-corrected chi connectivity index (χ2v) is 8.09. The van der Waals surface area contributed by atoms with E-state index < -0.39 is 0 Å². The van der Waals surface area contributed by atoms with Gasteiger partial charge in [-0.15, -0.1) is 16.4 Å². The first kappa shape index (κ1) is 17.3. The summed E-state index contributed by atoms with van der Waals surface area (Å²) in [4.78, 5) is 25.7. The average Bonchev–Trinajstić information content (AvgIpc) is 3.22. The summed E-state index contributed by atoms with van der Waals surface area (Å²) in [6.07, 6.45) is 7.82. The number of nitrogens with one attached hydrogen (secondary N) is 2. The van der Waals surface area contributed by atoms with Gasteiger partial charge in [-0.05, 0) is 37.1 Å². The maximum atomic E-state index is 12.7. The summed E-state index contributed by atoms with van der Waals surface area (Å²) < 4.78 is 3.29. The van der Waals surface area contributed by atoms with Crippen LogP contribution in [0.5, 0.6) is 0 Å². The van der Waals surface area contributed by atoms with Crippen molar-refractivity contribution in [1.29, 1.82) is 0 Å². The Morgan fingerprint density at radius 1 is 1.23 bits per heavy atom. The fourth-order valence-electron chi connectivity index (χ4n) is 3.56. The molecule has 2 N–H and O–H groups in total. The molecule has 2 fully saturated rings. The number of carbonyl (C=O) groups excluding carboxylic acids is 1. The molecule has 2 aliphatic rings. The molecule has 0 radical (unpaired) electrons. The molecule has 8 heteroatoms. The largest absolute Gasteiger partial charge is 0.346 e. The number of carbonyl (C=O) groups is 1. The molecular weight excluding hydrogens is 350 g/mol. The van der Waals surface area contributed by atoms with Crippen LogP contribution in [-0.2, 0) is 6.54 Å². The van der Waals surface area contributed by atoms with Crippen LogP contribution in [-0.4, -0.2) is 33.0 Å². The summed E-state index contributed by atoms with van der Waals surface area (Å²) in [5, 5.41) is 12.4. The maximum absolute atomic E-state index is 12.7. The van der Waals surface area contributed by atoms with Crippen molar-refractivity contribution >= 4 is 17.4 Å². The van der Waals surface area contributed by atoms with Crippen LogP contribution in [0.4, 0.5) is 4.79 Å². The van der Waals surface area contributed by atoms with Crippen LogP contribution >= 0.6 is 11.3 Å². The minimum atomic E-state index is -0.148. The van der Waals surface area contributed by atoms with Gasteiger partial charge in [-0.1, -0.05) is 25.3 Å². The van der Waals surface area contributed by atoms with Crippen molar-refractivity contribution < 1.29 is 4.79 Å². The molecule has 0 unspecified atom stereocenters. The predicted octanol–water partition coefficient (Wildman–Crippen LogP) is 2.74. The Morgan fingerprint density at radius 2 is 2.04 bits per heavy atom. The Morgan fingerprint density at radius 3 is 2.73 bits per heavy atom. The molecule has 0 atom stereocenters. The smallest absolute Gasteiger partial charge is 0.336 e. The van der Waals surface area contributed by atoms with Crippen LogP contribution in [0.3, 0.4) is 0 Å². The molecule has 0 spiro atoms. The zero-order chi connectivity index (χ0) is 17.9. The number of hydrogen-bond donors (Lipinski definition) is 2. The van der Waals surface area contributed by atoms with E-state index in [2.05, 4.69) is 15.7 Å². The minimum absolute atomic E-state index is 0.0783. The number of rotatable bonds is 6. The zero-order valence-electron chi connectivity index (χ0n) is 14.8. The van der Waals surface area contributed by atoms with E-state index in [4.69, 9.17) is 0 Å². The molecule has 2 amide bonds. The fraction of sp³-hybridized carbons (Fsp3) is 0.611. The van der Waals surface area contributed by atoms with Gasteiger partial charge in [-0.3, -0.25) is 4.57 Å². The van der Waals surface area contributed by atoms with Gasteiger partial charge in [0.1, 0.15) is 0 Å². The highest BCUT2D eigenvalue weighted by molar-refractivity contribution is 7.13. The Kier molecular flexibility index (Phi) is 5.10. The zero-order valence-corrected chi connectivity index (χ0v) is 15.6. The second kappa shape index (κ2) is 7.65. The van der Waals surface area contributed by atoms with Crippen LogP contribution in [0, 0.1) is 0 Å². The maximum Gasteiger partial charge on any atom is 0.346 e. The molecule has 2 heterocycles. The lowest BCUT2D eigenvalue weighted by Gasteiger charge is -2.22. The lowest BCUT2D eigenvalue weighted by atomic mass is 9.96. The molecule has 0 saturated heterocycles. The van der Waals surface area contributed by atoms with Crippen molar-refractivity contribution in [2.45, 2.75) is 63.6 Å². The standard InChI is InChI=1S/C18H25N5O2S/c24-17(20-13-5-2-1-3-6-13)19-10-11-22-18(25)23(14-8-9-14)16(21-22)15-7-4-12-26-15/h4,7,12-14H,1-3,5-6,8-11H2,(H2,19,20,24). The third kappa shape index (κ3) is 3.85. The second-order valence-electron chi connectivity index (χ2n) is 7.14. The minimum Gasteiger partial charge on any atom is -0.336 e. The van der Waals surface area contributed by atoms with Gasteiger partial charge in [0.25, 0.3) is 0 Å². The van der Waals surface area contributed by atoms with Gasteiger partial charge in [0.2, 0.25) is 0 Å². The highest BCUT2D eigenvalue weighted by atomic mass is 32.1. The number of amides is 2. The highest BCUT2D eigenvalue weighted by Gasteiger charge is 2.30. The first-order valence-corrected chi connectivity index (χ1v) is 10.4. The van der Waals surface area contributed by atoms with Gasteiger partial charge < -0.3 is 10.6 Å². The summed E-state index contributed by atoms with van der Waals surface area (Å²) in [6.45, 7) is 0.777. The van der Waals surface area contributed by atoms with Crippen LogP contribution in [0.25, 0.3) is 10.7 Å². The van der Waals surface area contributed by atoms with E-state index in [9.17, 15) is 9.59 Å². The molecule has 2 saturated carbocycles. The van der Waals surface area contributed by atoms with Crippen molar-refractivity contribution in [2.75, 3.05) is 6.54 Å². The molecule has 2 aliphatic carbocycles. The molecule has 2 aromatic heterocycles. The molecule has 0 aliphatic heterocycles. The van der Waals surface area contributed by atoms with Gasteiger partial charge in [-0.25, -0.2) is 14.3 Å². The number of hydrogen-bond acceptors (Lipinski definition) is 4. The normalized spacial score (nSPS) is 18.0. The van der Waals surface area contributed by atoms with Gasteiger partial charge in [0.15, 0.2) is 5.82 Å². The van der Waals surface area contributed by atoms with E-state index in [-0.39, 0.29) is 23.8 Å². The van der Waals surface area contributed by atoms with Crippen molar-refractivity contribution in [3.05, 3.63) is 28.0 Å². The van der Waals surface area contributed by atoms with Crippen molar-refractivity contribution in [3.8, 4) is 10.7 Å². The van der Waals surface area contributed by atoms with E-state index in [0.29, 0.717) is 13.1 Å². The molecule has 7 nitrogen and oxygen atoms in total. The number of aromatic nitrogens is 3. The first-order valence-electron chi connectivity index (χ1n) is 9.50. The van der Waals surface area contributed by atoms with Crippen molar-refractivity contribution in [2.24, 2.45) is 0 Å². The monoisotopic (exact) mass is 375 g/mol. The quantitative estimate of drug-likeness (QED) is 0.815. The summed E-state index contributed by atoms with van der Waals surface area (Å²) in [5.41, 5.74) is -0.0783. The van der Waals surface area contributed by atoms with Gasteiger partial charge in [0, 0.05) is 18.6 Å². The van der Waals surface area contributed by atoms with Crippen LogP contribution < -0.4 is 16.3 Å². The molecule has 140 valence electrons. The van der Waals surface area contributed by atoms with Gasteiger partial charge >= 0.3 is 11.7 Å². The van der Waals surface area contributed by atoms with E-state index >= 15 is 0 Å². The molecule has 26 heavy (non-hydrogen) atoms. The van der Waals surface area contributed by atoms with Crippen LogP contribution in [0.2, 0.25) is 0 Å². The summed E-state index contributed by atoms with van der Waals surface area (Å²) in [7, 11) is 0. The molecular formula is C18H25N5O2S. The Labute approximate surface area is 156 Å². The summed E-state index contributed by atoms with van der Waals surface area (Å²) >= 11 is 1.59. The topological polar surface area (TPSA) is 81.0 Å². The lowest BCUT2D eigenvalue weighted by molar-refractivity contribution is 0.232. The molecule has 4 rings (SSSR count). The van der Waals surface area contributed by atoms with E-state index in [1.54, 1.807) is 11.3 Å². The average molecular weight is 375 g/mol. The van der Waals surface area contributed by atoms with Gasteiger partial charge in [0.05, 0.1) is 11.4 Å². The third-order valence-electron chi connectivity index (χ3n) is 5.07. The molecule has 0 bridgehead atoms. The van der Waals surface area contributed by atoms with E-state index in [0.717, 1.165) is 36.4 Å². The number of urea groups is 1. The van der Waals surface area contributed by atoms with Crippen LogP contribution in [0.1, 0.15) is 51.0 Å². The summed E-state index contributed by atoms with van der Waals surface area (Å²) in [6, 6.07) is 4.37. The van der Waals surface area contributed by atoms with E-state index in [1.165, 1.54) is 23.9 Å². The van der Waals surface area contributed by atoms with Crippen molar-refractivity contribution in [3.63, 3.8) is 0 Å². The molecule has 2 aromatic rings. The van der Waals surface area contributed by atoms with Gasteiger partial charge in [-0.2, -0.15) is 0 Å².